The highest BCUT2D eigenvalue weighted by Gasteiger charge is 2.25. The van der Waals surface area contributed by atoms with Crippen LogP contribution < -0.4 is 10.6 Å². The number of carbonyl (C=O) groups is 1. The van der Waals surface area contributed by atoms with Crippen LogP contribution in [0, 0.1) is 5.82 Å². The summed E-state index contributed by atoms with van der Waals surface area (Å²) in [5, 5.41) is 14.9. The highest BCUT2D eigenvalue weighted by Crippen LogP contribution is 2.32. The van der Waals surface area contributed by atoms with Gasteiger partial charge in [-0.3, -0.25) is 4.79 Å². The van der Waals surface area contributed by atoms with Gasteiger partial charge in [-0.05, 0) is 35.6 Å². The van der Waals surface area contributed by atoms with Crippen LogP contribution in [-0.2, 0) is 6.54 Å². The van der Waals surface area contributed by atoms with Crippen LogP contribution >= 0.6 is 0 Å². The zero-order valence-corrected chi connectivity index (χ0v) is 18.2. The molecule has 0 aliphatic rings. The fourth-order valence-electron chi connectivity index (χ4n) is 3.56. The van der Waals surface area contributed by atoms with Crippen LogP contribution in [0.5, 0.6) is 0 Å². The van der Waals surface area contributed by atoms with Gasteiger partial charge in [0.25, 0.3) is 5.91 Å². The van der Waals surface area contributed by atoms with Crippen LogP contribution in [0.25, 0.3) is 11.4 Å². The Morgan fingerprint density at radius 1 is 1.16 bits per heavy atom. The van der Waals surface area contributed by atoms with Crippen molar-refractivity contribution in [2.24, 2.45) is 0 Å². The minimum absolute atomic E-state index is 0.00101. The molecule has 3 rings (SSSR count). The molecular formula is C24H29FN4O2. The Kier molecular flexibility index (Phi) is 7.41. The number of hydrogen-bond acceptors (Lipinski definition) is 4. The first kappa shape index (κ1) is 22.5. The first-order valence-electron chi connectivity index (χ1n) is 10.5. The monoisotopic (exact) mass is 424 g/mol. The number of halogens is 1. The number of rotatable bonds is 9. The van der Waals surface area contributed by atoms with Gasteiger partial charge in [-0.25, -0.2) is 9.37 Å². The lowest BCUT2D eigenvalue weighted by Gasteiger charge is -2.16. The summed E-state index contributed by atoms with van der Waals surface area (Å²) in [6.07, 6.45) is 0.468. The Balaban J connectivity index is 2.16. The summed E-state index contributed by atoms with van der Waals surface area (Å²) >= 11 is 0. The molecule has 0 fully saturated rings. The van der Waals surface area contributed by atoms with Gasteiger partial charge in [0, 0.05) is 32.3 Å². The summed E-state index contributed by atoms with van der Waals surface area (Å²) in [6.45, 7) is 4.96. The van der Waals surface area contributed by atoms with E-state index in [0.717, 1.165) is 16.7 Å². The lowest BCUT2D eigenvalue weighted by atomic mass is 9.97. The molecule has 0 radical (unpaired) electrons. The molecule has 0 bridgehead atoms. The number of benzene rings is 2. The van der Waals surface area contributed by atoms with Crippen LogP contribution in [0.2, 0.25) is 0 Å². The van der Waals surface area contributed by atoms with E-state index in [2.05, 4.69) is 30.5 Å². The molecule has 2 aromatic carbocycles. The van der Waals surface area contributed by atoms with Gasteiger partial charge in [-0.15, -0.1) is 0 Å². The third kappa shape index (κ3) is 5.11. The van der Waals surface area contributed by atoms with Crippen LogP contribution in [0.15, 0.2) is 48.5 Å². The number of nitrogens with zero attached hydrogens (tertiary/aromatic N) is 2. The molecule has 0 atom stereocenters. The molecular weight excluding hydrogens is 395 g/mol. The number of nitrogens with one attached hydrogen (secondary N) is 2. The quantitative estimate of drug-likeness (QED) is 0.454. The van der Waals surface area contributed by atoms with E-state index in [1.165, 1.54) is 12.1 Å². The molecule has 164 valence electrons. The van der Waals surface area contributed by atoms with Crippen molar-refractivity contribution in [1.29, 1.82) is 0 Å². The zero-order chi connectivity index (χ0) is 22.4. The highest BCUT2D eigenvalue weighted by atomic mass is 19.1. The standard InChI is InChI=1S/C24H29FN4O2/c1-16(2)19-7-4-5-8-20(19)23-28-22(26-3)21(24(31)27-13-6-14-30)29(23)15-17-9-11-18(25)12-10-17/h4-5,7-12,16,26,30H,6,13-15H2,1-3H3,(H,27,31). The van der Waals surface area contributed by atoms with Crippen molar-refractivity contribution >= 4 is 11.7 Å². The number of aliphatic hydroxyl groups is 1. The maximum atomic E-state index is 13.4. The van der Waals surface area contributed by atoms with Gasteiger partial charge in [0.1, 0.15) is 11.6 Å². The third-order valence-electron chi connectivity index (χ3n) is 5.12. The van der Waals surface area contributed by atoms with E-state index in [9.17, 15) is 9.18 Å². The van der Waals surface area contributed by atoms with Crippen LogP contribution in [0.3, 0.4) is 0 Å². The number of amides is 1. The Hall–Kier alpha value is -3.19. The molecule has 0 spiro atoms. The summed E-state index contributed by atoms with van der Waals surface area (Å²) in [4.78, 5) is 17.8. The van der Waals surface area contributed by atoms with Crippen LogP contribution in [0.4, 0.5) is 10.2 Å². The second-order valence-electron chi connectivity index (χ2n) is 7.67. The van der Waals surface area contributed by atoms with E-state index in [1.807, 2.05) is 22.8 Å². The third-order valence-corrected chi connectivity index (χ3v) is 5.12. The molecule has 0 aliphatic heterocycles. The van der Waals surface area contributed by atoms with E-state index < -0.39 is 0 Å². The molecule has 3 N–H and O–H groups in total. The lowest BCUT2D eigenvalue weighted by molar-refractivity contribution is 0.0943. The average Bonchev–Trinajstić information content (AvgIpc) is 3.13. The van der Waals surface area contributed by atoms with Gasteiger partial charge < -0.3 is 20.3 Å². The molecule has 6 nitrogen and oxygen atoms in total. The van der Waals surface area contributed by atoms with Gasteiger partial charge >= 0.3 is 0 Å². The minimum Gasteiger partial charge on any atom is -0.396 e. The second-order valence-corrected chi connectivity index (χ2v) is 7.67. The van der Waals surface area contributed by atoms with Crippen molar-refractivity contribution in [2.75, 3.05) is 25.5 Å². The summed E-state index contributed by atoms with van der Waals surface area (Å²) in [5.74, 6) is 0.827. The van der Waals surface area contributed by atoms with Gasteiger partial charge in [-0.2, -0.15) is 0 Å². The largest absolute Gasteiger partial charge is 0.396 e. The molecule has 1 aromatic heterocycles. The number of aliphatic hydroxyl groups excluding tert-OH is 1. The van der Waals surface area contributed by atoms with Crippen molar-refractivity contribution in [3.8, 4) is 11.4 Å². The van der Waals surface area contributed by atoms with E-state index in [0.29, 0.717) is 36.8 Å². The van der Waals surface area contributed by atoms with Crippen molar-refractivity contribution in [1.82, 2.24) is 14.9 Å². The average molecular weight is 425 g/mol. The first-order chi connectivity index (χ1) is 15.0. The Morgan fingerprint density at radius 3 is 2.52 bits per heavy atom. The van der Waals surface area contributed by atoms with Crippen LogP contribution in [-0.4, -0.2) is 40.8 Å². The summed E-state index contributed by atoms with van der Waals surface area (Å²) in [5.41, 5.74) is 3.33. The van der Waals surface area contributed by atoms with Gasteiger partial charge in [0.15, 0.2) is 11.5 Å². The maximum Gasteiger partial charge on any atom is 0.271 e. The first-order valence-corrected chi connectivity index (χ1v) is 10.5. The number of anilines is 1. The van der Waals surface area contributed by atoms with Gasteiger partial charge in [0.05, 0.1) is 0 Å². The molecule has 0 aliphatic carbocycles. The van der Waals surface area contributed by atoms with Crippen molar-refractivity contribution in [3.63, 3.8) is 0 Å². The number of carbonyl (C=O) groups excluding carboxylic acids is 1. The topological polar surface area (TPSA) is 79.2 Å². The molecule has 1 heterocycles. The molecule has 31 heavy (non-hydrogen) atoms. The molecule has 1 amide bonds. The van der Waals surface area contributed by atoms with E-state index in [1.54, 1.807) is 19.2 Å². The molecule has 7 heteroatoms. The summed E-state index contributed by atoms with van der Waals surface area (Å²) in [7, 11) is 1.73. The Bertz CT molecular complexity index is 1030. The van der Waals surface area contributed by atoms with Crippen molar-refractivity contribution in [3.05, 3.63) is 71.2 Å². The number of aromatic nitrogens is 2. The molecule has 3 aromatic rings. The van der Waals surface area contributed by atoms with Crippen LogP contribution in [0.1, 0.15) is 47.8 Å². The number of hydrogen-bond donors (Lipinski definition) is 3. The SMILES string of the molecule is CNc1nc(-c2ccccc2C(C)C)n(Cc2ccc(F)cc2)c1C(=O)NCCCO. The summed E-state index contributed by atoms with van der Waals surface area (Å²) < 4.78 is 15.3. The predicted molar refractivity (Wildman–Crippen MR) is 121 cm³/mol. The minimum atomic E-state index is -0.308. The molecule has 0 unspecified atom stereocenters. The summed E-state index contributed by atoms with van der Waals surface area (Å²) in [6, 6.07) is 14.3. The maximum absolute atomic E-state index is 13.4. The Labute approximate surface area is 182 Å². The number of imidazole rings is 1. The Morgan fingerprint density at radius 2 is 1.87 bits per heavy atom. The fourth-order valence-corrected chi connectivity index (χ4v) is 3.56. The molecule has 0 saturated carbocycles. The van der Waals surface area contributed by atoms with Crippen molar-refractivity contribution in [2.45, 2.75) is 32.7 Å². The normalized spacial score (nSPS) is 11.0. The molecule has 0 saturated heterocycles. The van der Waals surface area contributed by atoms with E-state index >= 15 is 0 Å². The van der Waals surface area contributed by atoms with Gasteiger partial charge in [0.2, 0.25) is 0 Å². The van der Waals surface area contributed by atoms with Crippen molar-refractivity contribution < 1.29 is 14.3 Å². The van der Waals surface area contributed by atoms with E-state index in [-0.39, 0.29) is 24.2 Å². The highest BCUT2D eigenvalue weighted by molar-refractivity contribution is 5.98. The lowest BCUT2D eigenvalue weighted by Crippen LogP contribution is -2.28. The van der Waals surface area contributed by atoms with E-state index in [4.69, 9.17) is 10.1 Å². The smallest absolute Gasteiger partial charge is 0.271 e. The van der Waals surface area contributed by atoms with Gasteiger partial charge in [-0.1, -0.05) is 50.2 Å². The zero-order valence-electron chi connectivity index (χ0n) is 18.2. The second kappa shape index (κ2) is 10.2. The fraction of sp³-hybridized carbons (Fsp3) is 0.333. The predicted octanol–water partition coefficient (Wildman–Crippen LogP) is 4.01.